The van der Waals surface area contributed by atoms with Crippen LogP contribution in [-0.4, -0.2) is 14.1 Å². The maximum Gasteiger partial charge on any atom is 1.00 e. The summed E-state index contributed by atoms with van der Waals surface area (Å²) >= 11 is -0.139. The minimum atomic E-state index is -0.139. The molecule has 1 aromatic rings. The van der Waals surface area contributed by atoms with Crippen LogP contribution in [0.2, 0.25) is 17.4 Å². The molecule has 0 fully saturated rings. The molecular weight excluding hydrogens is 142 g/mol. The molecule has 0 N–H and O–H groups in total. The summed E-state index contributed by atoms with van der Waals surface area (Å²) in [4.78, 5) is 0. The number of hydrogen-bond donors (Lipinski definition) is 0. The van der Waals surface area contributed by atoms with Gasteiger partial charge in [0.2, 0.25) is 0 Å². The zero-order valence-corrected chi connectivity index (χ0v) is 9.12. The molecule has 0 amide bonds. The molecule has 0 atom stereocenters. The van der Waals surface area contributed by atoms with Gasteiger partial charge in [0.15, 0.2) is 0 Å². The summed E-state index contributed by atoms with van der Waals surface area (Å²) in [6.45, 7) is 0. The van der Waals surface area contributed by atoms with E-state index in [0.717, 1.165) is 0 Å². The number of rotatable bonds is 0. The Morgan fingerprint density at radius 2 is 1.27 bits per heavy atom. The van der Waals surface area contributed by atoms with E-state index in [1.807, 2.05) is 30.3 Å². The Bertz CT molecular complexity index is 110. The fourth-order valence-electron chi connectivity index (χ4n) is 0.342. The second-order valence-corrected chi connectivity index (χ2v) is 6.27. The monoisotopic (exact) mass is 156 g/mol. The Hall–Kier alpha value is 0.350. The van der Waals surface area contributed by atoms with E-state index in [2.05, 4.69) is 23.4 Å². The van der Waals surface area contributed by atoms with E-state index in [4.69, 9.17) is 0 Å². The fraction of sp³-hybridized carbons (Fsp3) is 0.333. The fourth-order valence-corrected chi connectivity index (χ4v) is 0.342. The zero-order chi connectivity index (χ0) is 7.82. The molecule has 11 heavy (non-hydrogen) atoms. The molecule has 0 aliphatic carbocycles. The van der Waals surface area contributed by atoms with Crippen molar-refractivity contribution in [3.63, 3.8) is 0 Å². The van der Waals surface area contributed by atoms with Crippen LogP contribution < -0.4 is 18.9 Å². The van der Waals surface area contributed by atoms with Gasteiger partial charge in [-0.05, 0) is 0 Å². The maximum absolute atomic E-state index is 2.89. The Kier molecular flexibility index (Phi) is 13.1. The smallest absolute Gasteiger partial charge is 0.184 e. The summed E-state index contributed by atoms with van der Waals surface area (Å²) < 4.78 is 0. The average Bonchev–Trinajstić information content (AvgIpc) is 1.90. The van der Waals surface area contributed by atoms with Gasteiger partial charge in [-0.1, -0.05) is 0 Å². The van der Waals surface area contributed by atoms with E-state index < -0.39 is 0 Å². The van der Waals surface area contributed by atoms with Crippen molar-refractivity contribution in [3.8, 4) is 0 Å². The second-order valence-electron chi connectivity index (χ2n) is 2.81. The van der Waals surface area contributed by atoms with Crippen LogP contribution in [0.15, 0.2) is 30.3 Å². The van der Waals surface area contributed by atoms with E-state index in [1.165, 1.54) is 0 Å². The van der Waals surface area contributed by atoms with Crippen molar-refractivity contribution in [1.29, 1.82) is 0 Å². The predicted molar refractivity (Wildman–Crippen MR) is 48.6 cm³/mol. The average molecular weight is 156 g/mol. The molecule has 0 aliphatic rings. The third-order valence-electron chi connectivity index (χ3n) is 0.607. The maximum atomic E-state index is 2.89. The van der Waals surface area contributed by atoms with E-state index in [9.17, 15) is 0 Å². The number of benzene rings is 1. The van der Waals surface area contributed by atoms with E-state index >= 15 is 0 Å². The molecule has 2 heteroatoms. The molecule has 54 valence electrons. The van der Waals surface area contributed by atoms with Gasteiger partial charge in [-0.2, -0.15) is 36.4 Å². The Balaban J connectivity index is 0. The van der Waals surface area contributed by atoms with Crippen LogP contribution in [0, 0.1) is 6.07 Å². The summed E-state index contributed by atoms with van der Waals surface area (Å²) in [5.41, 5.74) is 0. The van der Waals surface area contributed by atoms with Crippen molar-refractivity contribution in [2.24, 2.45) is 0 Å². The first-order valence-electron chi connectivity index (χ1n) is 3.64. The molecule has 0 bridgehead atoms. The first kappa shape index (κ1) is 13.9. The van der Waals surface area contributed by atoms with Gasteiger partial charge in [0, 0.05) is 0 Å². The van der Waals surface area contributed by atoms with Crippen molar-refractivity contribution in [1.82, 2.24) is 0 Å². The van der Waals surface area contributed by atoms with Crippen LogP contribution in [0.3, 0.4) is 0 Å². The van der Waals surface area contributed by atoms with Crippen LogP contribution in [0.5, 0.6) is 0 Å². The van der Waals surface area contributed by atoms with Crippen LogP contribution in [-0.2, 0) is 0 Å². The first-order valence-corrected chi connectivity index (χ1v) is 7.11. The SMILES string of the molecule is [CH3][Al]([CH3])[CH3].[Li+].[c-]1ccccc1. The van der Waals surface area contributed by atoms with Crippen molar-refractivity contribution < 1.29 is 18.9 Å². The van der Waals surface area contributed by atoms with Crippen molar-refractivity contribution in [2.45, 2.75) is 17.4 Å². The van der Waals surface area contributed by atoms with Gasteiger partial charge in [-0.3, -0.25) is 0 Å². The van der Waals surface area contributed by atoms with Gasteiger partial charge >= 0.3 is 18.9 Å². The summed E-state index contributed by atoms with van der Waals surface area (Å²) in [7, 11) is 0. The summed E-state index contributed by atoms with van der Waals surface area (Å²) in [6.07, 6.45) is 0. The minimum absolute atomic E-state index is 0. The Labute approximate surface area is 86.6 Å². The van der Waals surface area contributed by atoms with Crippen LogP contribution >= 0.6 is 0 Å². The van der Waals surface area contributed by atoms with Gasteiger partial charge < -0.3 is 0 Å². The molecule has 0 saturated carbocycles. The quantitative estimate of drug-likeness (QED) is 0.362. The molecule has 1 rings (SSSR count). The molecule has 0 heterocycles. The molecule has 0 saturated heterocycles. The summed E-state index contributed by atoms with van der Waals surface area (Å²) in [5.74, 6) is 6.92. The first-order chi connectivity index (χ1) is 4.73. The molecule has 1 aromatic carbocycles. The standard InChI is InChI=1S/C6H5.3CH3.Al.Li/c1-2-4-6-5-3-1;;;;;/h1-5H;3*1H3;;/q-1;;;;;+1. The second kappa shape index (κ2) is 10.3. The Morgan fingerprint density at radius 3 is 1.36 bits per heavy atom. The third kappa shape index (κ3) is 17.9. The Morgan fingerprint density at radius 1 is 0.909 bits per heavy atom. The van der Waals surface area contributed by atoms with Gasteiger partial charge in [0.25, 0.3) is 14.1 Å². The van der Waals surface area contributed by atoms with Gasteiger partial charge in [0.1, 0.15) is 0 Å². The topological polar surface area (TPSA) is 0 Å². The summed E-state index contributed by atoms with van der Waals surface area (Å²) in [6, 6.07) is 12.5. The number of hydrogen-bond acceptors (Lipinski definition) is 0. The van der Waals surface area contributed by atoms with E-state index in [1.54, 1.807) is 0 Å². The molecule has 0 spiro atoms. The van der Waals surface area contributed by atoms with Crippen molar-refractivity contribution in [3.05, 3.63) is 36.4 Å². The van der Waals surface area contributed by atoms with Crippen molar-refractivity contribution in [2.75, 3.05) is 0 Å². The molecule has 0 aliphatic heterocycles. The minimum Gasteiger partial charge on any atom is -0.184 e. The molecular formula is C9H14AlLi. The van der Waals surface area contributed by atoms with Crippen LogP contribution in [0.4, 0.5) is 0 Å². The zero-order valence-electron chi connectivity index (χ0n) is 7.96. The van der Waals surface area contributed by atoms with Crippen molar-refractivity contribution >= 4 is 14.1 Å². The predicted octanol–water partition coefficient (Wildman–Crippen LogP) is -0.139. The van der Waals surface area contributed by atoms with Gasteiger partial charge in [0.05, 0.1) is 0 Å². The summed E-state index contributed by atoms with van der Waals surface area (Å²) in [5, 5.41) is 0. The van der Waals surface area contributed by atoms with Gasteiger partial charge in [-0.15, -0.1) is 17.4 Å². The molecule has 0 aromatic heterocycles. The molecule has 0 unspecified atom stereocenters. The van der Waals surface area contributed by atoms with Crippen LogP contribution in [0.25, 0.3) is 0 Å². The third-order valence-corrected chi connectivity index (χ3v) is 0.607. The van der Waals surface area contributed by atoms with Gasteiger partial charge in [-0.25, -0.2) is 0 Å². The van der Waals surface area contributed by atoms with E-state index in [-0.39, 0.29) is 33.0 Å². The molecule has 0 radical (unpaired) electrons. The largest absolute Gasteiger partial charge is 1.00 e. The van der Waals surface area contributed by atoms with Crippen LogP contribution in [0.1, 0.15) is 0 Å². The normalized spacial score (nSPS) is 6.82. The molecule has 0 nitrogen and oxygen atoms in total. The van der Waals surface area contributed by atoms with E-state index in [0.29, 0.717) is 0 Å².